The Bertz CT molecular complexity index is 1630. The number of halogens is 1. The van der Waals surface area contributed by atoms with E-state index in [-0.39, 0.29) is 23.1 Å². The van der Waals surface area contributed by atoms with Gasteiger partial charge in [-0.15, -0.1) is 0 Å². The van der Waals surface area contributed by atoms with Crippen molar-refractivity contribution >= 4 is 21.7 Å². The summed E-state index contributed by atoms with van der Waals surface area (Å²) in [6, 6.07) is 18.8. The molecule has 1 amide bonds. The van der Waals surface area contributed by atoms with Gasteiger partial charge in [-0.2, -0.15) is 0 Å². The highest BCUT2D eigenvalue weighted by molar-refractivity contribution is 7.92. The highest BCUT2D eigenvalue weighted by Gasteiger charge is 2.61. The molecule has 0 spiro atoms. The molecule has 3 aromatic carbocycles. The molecule has 1 N–H and O–H groups in total. The van der Waals surface area contributed by atoms with Crippen molar-refractivity contribution in [1.82, 2.24) is 4.90 Å². The topological polar surface area (TPSA) is 91.8 Å². The number of hydrogen-bond acceptors (Lipinski definition) is 4. The van der Waals surface area contributed by atoms with Gasteiger partial charge in [0.25, 0.3) is 0 Å². The number of rotatable bonds is 6. The number of nitrogens with zero attached hydrogens (tertiary/aromatic N) is 1. The molecular formula is C34H36FNO5S. The van der Waals surface area contributed by atoms with Crippen LogP contribution in [0.2, 0.25) is 0 Å². The minimum Gasteiger partial charge on any atom is -0.481 e. The van der Waals surface area contributed by atoms with Gasteiger partial charge in [-0.3, -0.25) is 9.59 Å². The van der Waals surface area contributed by atoms with E-state index in [0.29, 0.717) is 45.1 Å². The number of hydrogen-bond donors (Lipinski definition) is 1. The number of carbonyl (C=O) groups excluding carboxylic acids is 1. The molecule has 0 radical (unpaired) electrons. The summed E-state index contributed by atoms with van der Waals surface area (Å²) in [5.74, 6) is -2.13. The maximum absolute atomic E-state index is 14.6. The van der Waals surface area contributed by atoms with Gasteiger partial charge in [-0.05, 0) is 110 Å². The second-order valence-electron chi connectivity index (χ2n) is 12.2. The third-order valence-corrected chi connectivity index (χ3v) is 12.5. The zero-order chi connectivity index (χ0) is 29.6. The fourth-order valence-electron chi connectivity index (χ4n) is 7.63. The predicted molar refractivity (Wildman–Crippen MR) is 157 cm³/mol. The smallest absolute Gasteiger partial charge is 0.306 e. The van der Waals surface area contributed by atoms with Crippen LogP contribution in [0.1, 0.15) is 66.3 Å². The van der Waals surface area contributed by atoms with Crippen LogP contribution in [-0.2, 0) is 37.0 Å². The van der Waals surface area contributed by atoms with Gasteiger partial charge in [-0.25, -0.2) is 12.8 Å². The van der Waals surface area contributed by atoms with Crippen molar-refractivity contribution < 1.29 is 27.5 Å². The number of carboxylic acids is 1. The van der Waals surface area contributed by atoms with Crippen LogP contribution in [-0.4, -0.2) is 42.9 Å². The van der Waals surface area contributed by atoms with E-state index in [0.717, 1.165) is 23.1 Å². The molecule has 1 saturated heterocycles. The summed E-state index contributed by atoms with van der Waals surface area (Å²) in [4.78, 5) is 27.2. The standard InChI is InChI=1S/C34H36FNO5S/c1-22-4-2-3-5-26(22)20-23-6-16-30-27(21-23)11-17-31-34(30,42(40,41)29-14-12-28(35)13-15-29)18-19-36(31)32(37)24-7-9-25(10-8-24)33(38)39/h2-6,12-16,21,24-25,31H,7-11,17-20H2,1H3,(H,38,39)/t24-,25-,31-,34-/m1/s1. The Morgan fingerprint density at radius 1 is 0.952 bits per heavy atom. The molecule has 3 aliphatic rings. The molecule has 8 heteroatoms. The molecule has 2 aliphatic carbocycles. The van der Waals surface area contributed by atoms with Crippen LogP contribution < -0.4 is 0 Å². The molecule has 1 saturated carbocycles. The lowest BCUT2D eigenvalue weighted by Crippen LogP contribution is -2.53. The summed E-state index contributed by atoms with van der Waals surface area (Å²) in [6.07, 6.45) is 4.06. The first-order valence-electron chi connectivity index (χ1n) is 14.8. The van der Waals surface area contributed by atoms with E-state index in [1.807, 2.05) is 24.3 Å². The van der Waals surface area contributed by atoms with Crippen LogP contribution in [0.25, 0.3) is 0 Å². The fourth-order valence-corrected chi connectivity index (χ4v) is 10.00. The molecule has 2 fully saturated rings. The van der Waals surface area contributed by atoms with Crippen molar-refractivity contribution in [3.63, 3.8) is 0 Å². The molecule has 6 nitrogen and oxygen atoms in total. The van der Waals surface area contributed by atoms with E-state index in [2.05, 4.69) is 25.1 Å². The van der Waals surface area contributed by atoms with Gasteiger partial charge in [0.2, 0.25) is 5.91 Å². The van der Waals surface area contributed by atoms with Crippen LogP contribution in [0.3, 0.4) is 0 Å². The van der Waals surface area contributed by atoms with Gasteiger partial charge in [0.05, 0.1) is 16.9 Å². The highest BCUT2D eigenvalue weighted by atomic mass is 32.2. The lowest BCUT2D eigenvalue weighted by Gasteiger charge is -2.43. The molecule has 220 valence electrons. The number of amides is 1. The van der Waals surface area contributed by atoms with Crippen molar-refractivity contribution in [2.24, 2.45) is 11.8 Å². The Labute approximate surface area is 246 Å². The van der Waals surface area contributed by atoms with E-state index in [9.17, 15) is 27.5 Å². The van der Waals surface area contributed by atoms with E-state index >= 15 is 0 Å². The number of carboxylic acid groups (broad SMARTS) is 1. The molecule has 0 bridgehead atoms. The predicted octanol–water partition coefficient (Wildman–Crippen LogP) is 5.83. The number of benzene rings is 3. The molecule has 6 rings (SSSR count). The van der Waals surface area contributed by atoms with E-state index in [1.54, 1.807) is 4.90 Å². The monoisotopic (exact) mass is 589 g/mol. The molecule has 0 unspecified atom stereocenters. The number of likely N-dealkylation sites (tertiary alicyclic amines) is 1. The van der Waals surface area contributed by atoms with E-state index in [1.165, 1.54) is 35.4 Å². The third kappa shape index (κ3) is 4.74. The van der Waals surface area contributed by atoms with Gasteiger partial charge >= 0.3 is 5.97 Å². The van der Waals surface area contributed by atoms with Crippen molar-refractivity contribution in [3.05, 3.63) is 100 Å². The zero-order valence-electron chi connectivity index (χ0n) is 23.8. The molecular weight excluding hydrogens is 553 g/mol. The van der Waals surface area contributed by atoms with Gasteiger partial charge < -0.3 is 10.0 Å². The average molecular weight is 590 g/mol. The van der Waals surface area contributed by atoms with Crippen LogP contribution in [0, 0.1) is 24.6 Å². The van der Waals surface area contributed by atoms with Crippen molar-refractivity contribution in [3.8, 4) is 0 Å². The first-order chi connectivity index (χ1) is 20.1. The zero-order valence-corrected chi connectivity index (χ0v) is 24.6. The Hall–Kier alpha value is -3.52. The lowest BCUT2D eigenvalue weighted by molar-refractivity contribution is -0.146. The van der Waals surface area contributed by atoms with Crippen LogP contribution in [0.15, 0.2) is 71.6 Å². The minimum atomic E-state index is -4.02. The number of sulfone groups is 1. The van der Waals surface area contributed by atoms with E-state index < -0.39 is 38.3 Å². The highest BCUT2D eigenvalue weighted by Crippen LogP contribution is 2.53. The normalized spacial score (nSPS) is 25.5. The van der Waals surface area contributed by atoms with Gasteiger partial charge in [0, 0.05) is 12.5 Å². The Kier molecular flexibility index (Phi) is 7.46. The van der Waals surface area contributed by atoms with Crippen molar-refractivity contribution in [2.75, 3.05) is 6.54 Å². The quantitative estimate of drug-likeness (QED) is 0.365. The Morgan fingerprint density at radius 3 is 2.33 bits per heavy atom. The average Bonchev–Trinajstić information content (AvgIpc) is 3.40. The number of aliphatic carboxylic acids is 1. The molecule has 2 atom stereocenters. The Balaban J connectivity index is 1.39. The van der Waals surface area contributed by atoms with Gasteiger partial charge in [0.15, 0.2) is 9.84 Å². The minimum absolute atomic E-state index is 0.0574. The van der Waals surface area contributed by atoms with Crippen molar-refractivity contribution in [2.45, 2.75) is 74.0 Å². The number of aryl methyl sites for hydroxylation is 2. The first-order valence-corrected chi connectivity index (χ1v) is 16.3. The third-order valence-electron chi connectivity index (χ3n) is 9.92. The largest absolute Gasteiger partial charge is 0.481 e. The van der Waals surface area contributed by atoms with Crippen LogP contribution >= 0.6 is 0 Å². The summed E-state index contributed by atoms with van der Waals surface area (Å²) in [5.41, 5.74) is 5.25. The second-order valence-corrected chi connectivity index (χ2v) is 14.4. The molecule has 42 heavy (non-hydrogen) atoms. The summed E-state index contributed by atoms with van der Waals surface area (Å²) in [7, 11) is -4.02. The second kappa shape index (κ2) is 11.0. The summed E-state index contributed by atoms with van der Waals surface area (Å²) in [5, 5.41) is 9.40. The number of carbonyl (C=O) groups is 2. The fraction of sp³-hybridized carbons (Fsp3) is 0.412. The molecule has 1 heterocycles. The maximum atomic E-state index is 14.6. The Morgan fingerprint density at radius 2 is 1.64 bits per heavy atom. The molecule has 1 aliphatic heterocycles. The van der Waals surface area contributed by atoms with Gasteiger partial charge in [-0.1, -0.05) is 42.5 Å². The molecule has 0 aromatic heterocycles. The maximum Gasteiger partial charge on any atom is 0.306 e. The summed E-state index contributed by atoms with van der Waals surface area (Å²) >= 11 is 0. The van der Waals surface area contributed by atoms with Crippen molar-refractivity contribution in [1.29, 1.82) is 0 Å². The summed E-state index contributed by atoms with van der Waals surface area (Å²) in [6.45, 7) is 2.40. The number of fused-ring (bicyclic) bond motifs is 3. The van der Waals surface area contributed by atoms with Crippen LogP contribution in [0.5, 0.6) is 0 Å². The SMILES string of the molecule is Cc1ccccc1Cc1ccc2c(c1)CC[C@H]1N(C(=O)[C@H]3CC[C@H](C(=O)O)CC3)CC[C@@]21S(=O)(=O)c1ccc(F)cc1. The molecule has 3 aromatic rings. The first kappa shape index (κ1) is 28.6. The summed E-state index contributed by atoms with van der Waals surface area (Å²) < 4.78 is 41.7. The lowest BCUT2D eigenvalue weighted by atomic mass is 9.77. The van der Waals surface area contributed by atoms with Crippen LogP contribution in [0.4, 0.5) is 4.39 Å². The van der Waals surface area contributed by atoms with E-state index in [4.69, 9.17) is 0 Å². The van der Waals surface area contributed by atoms with Gasteiger partial charge in [0.1, 0.15) is 10.6 Å².